The van der Waals surface area contributed by atoms with Crippen molar-refractivity contribution < 1.29 is 14.3 Å². The number of aromatic nitrogens is 2. The van der Waals surface area contributed by atoms with E-state index in [-0.39, 0.29) is 0 Å². The normalized spacial score (nSPS) is 10.6. The van der Waals surface area contributed by atoms with Crippen molar-refractivity contribution in [3.05, 3.63) is 133 Å². The van der Waals surface area contributed by atoms with Gasteiger partial charge in [-0.2, -0.15) is 5.10 Å². The van der Waals surface area contributed by atoms with Crippen LogP contribution in [0.25, 0.3) is 16.9 Å². The largest absolute Gasteiger partial charge is 0.489 e. The fraction of sp³-hybridized carbons (Fsp3) is 0.0345. The molecule has 166 valence electrons. The summed E-state index contributed by atoms with van der Waals surface area (Å²) >= 11 is 0. The maximum Gasteiger partial charge on any atom is 0.347 e. The van der Waals surface area contributed by atoms with Gasteiger partial charge < -0.3 is 9.47 Å². The molecule has 0 fully saturated rings. The maximum atomic E-state index is 13.1. The maximum absolute atomic E-state index is 13.1. The molecule has 5 heteroatoms. The summed E-state index contributed by atoms with van der Waals surface area (Å²) in [4.78, 5) is 13.1. The third-order valence-electron chi connectivity index (χ3n) is 5.28. The summed E-state index contributed by atoms with van der Waals surface area (Å²) in [6.07, 6.45) is 1.71. The monoisotopic (exact) mass is 446 g/mol. The number of ether oxygens (including phenoxy) is 2. The average molecular weight is 447 g/mol. The minimum absolute atomic E-state index is 0.388. The third-order valence-corrected chi connectivity index (χ3v) is 5.28. The molecule has 0 aliphatic heterocycles. The van der Waals surface area contributed by atoms with Crippen LogP contribution in [0, 0.1) is 0 Å². The lowest BCUT2D eigenvalue weighted by molar-refractivity contribution is 0.0735. The highest BCUT2D eigenvalue weighted by Gasteiger charge is 2.20. The zero-order valence-electron chi connectivity index (χ0n) is 18.4. The molecular formula is C29H22N2O3. The number of esters is 1. The van der Waals surface area contributed by atoms with Crippen molar-refractivity contribution >= 4 is 5.97 Å². The first kappa shape index (κ1) is 21.2. The number of carbonyl (C=O) groups is 1. The van der Waals surface area contributed by atoms with Gasteiger partial charge in [-0.1, -0.05) is 78.9 Å². The molecule has 0 saturated heterocycles. The van der Waals surface area contributed by atoms with Crippen molar-refractivity contribution in [3.8, 4) is 28.4 Å². The zero-order chi connectivity index (χ0) is 23.2. The van der Waals surface area contributed by atoms with Crippen molar-refractivity contribution in [2.24, 2.45) is 0 Å². The lowest BCUT2D eigenvalue weighted by atomic mass is 10.1. The SMILES string of the molecule is O=C(Oc1ccc(OCc2ccccc2)cc1)c1cn(-c2ccccc2)nc1-c1ccccc1. The van der Waals surface area contributed by atoms with Crippen molar-refractivity contribution in [3.63, 3.8) is 0 Å². The number of rotatable bonds is 7. The van der Waals surface area contributed by atoms with Crippen LogP contribution in [-0.2, 0) is 6.61 Å². The minimum atomic E-state index is -0.473. The molecule has 0 atom stereocenters. The molecule has 5 nitrogen and oxygen atoms in total. The summed E-state index contributed by atoms with van der Waals surface area (Å²) < 4.78 is 13.2. The first-order valence-corrected chi connectivity index (χ1v) is 11.0. The van der Waals surface area contributed by atoms with Crippen molar-refractivity contribution in [2.75, 3.05) is 0 Å². The van der Waals surface area contributed by atoms with Gasteiger partial charge in [0.05, 0.1) is 5.69 Å². The molecule has 0 unspecified atom stereocenters. The fourth-order valence-electron chi connectivity index (χ4n) is 3.55. The molecule has 0 N–H and O–H groups in total. The summed E-state index contributed by atoms with van der Waals surface area (Å²) in [5, 5.41) is 4.68. The summed E-state index contributed by atoms with van der Waals surface area (Å²) in [5.41, 5.74) is 3.74. The molecule has 0 aliphatic carbocycles. The van der Waals surface area contributed by atoms with E-state index in [1.807, 2.05) is 91.0 Å². The van der Waals surface area contributed by atoms with Crippen LogP contribution < -0.4 is 9.47 Å². The first-order chi connectivity index (χ1) is 16.8. The van der Waals surface area contributed by atoms with Crippen LogP contribution in [-0.4, -0.2) is 15.7 Å². The quantitative estimate of drug-likeness (QED) is 0.216. The Morgan fingerprint density at radius 3 is 1.97 bits per heavy atom. The standard InChI is InChI=1S/C29H22N2O3/c32-29(34-26-18-16-25(17-19-26)33-21-22-10-4-1-5-11-22)27-20-31(24-14-8-3-9-15-24)30-28(27)23-12-6-2-7-13-23/h1-20H,21H2. The molecule has 0 bridgehead atoms. The van der Waals surface area contributed by atoms with Crippen LogP contribution in [0.2, 0.25) is 0 Å². The Morgan fingerprint density at radius 2 is 1.29 bits per heavy atom. The van der Waals surface area contributed by atoms with E-state index in [0.29, 0.717) is 29.4 Å². The van der Waals surface area contributed by atoms with E-state index in [1.165, 1.54) is 0 Å². The molecule has 0 spiro atoms. The first-order valence-electron chi connectivity index (χ1n) is 11.0. The van der Waals surface area contributed by atoms with Gasteiger partial charge in [-0.25, -0.2) is 9.48 Å². The van der Waals surface area contributed by atoms with Gasteiger partial charge in [0, 0.05) is 11.8 Å². The highest BCUT2D eigenvalue weighted by Crippen LogP contribution is 2.26. The van der Waals surface area contributed by atoms with E-state index < -0.39 is 5.97 Å². The Kier molecular flexibility index (Phi) is 6.16. The molecule has 0 radical (unpaired) electrons. The molecule has 5 aromatic rings. The van der Waals surface area contributed by atoms with E-state index in [9.17, 15) is 4.79 Å². The topological polar surface area (TPSA) is 53.4 Å². The summed E-state index contributed by atoms with van der Waals surface area (Å²) in [7, 11) is 0. The van der Waals surface area contributed by atoms with Gasteiger partial charge >= 0.3 is 5.97 Å². The molecule has 1 heterocycles. The van der Waals surface area contributed by atoms with Crippen molar-refractivity contribution in [1.29, 1.82) is 0 Å². The van der Waals surface area contributed by atoms with Gasteiger partial charge in [0.25, 0.3) is 0 Å². The highest BCUT2D eigenvalue weighted by atomic mass is 16.5. The van der Waals surface area contributed by atoms with E-state index in [4.69, 9.17) is 9.47 Å². The van der Waals surface area contributed by atoms with Gasteiger partial charge in [-0.3, -0.25) is 0 Å². The molecular weight excluding hydrogens is 424 g/mol. The van der Waals surface area contributed by atoms with Gasteiger partial charge in [0.15, 0.2) is 0 Å². The van der Waals surface area contributed by atoms with Gasteiger partial charge in [-0.05, 0) is 42.0 Å². The third kappa shape index (κ3) is 4.89. The fourth-order valence-corrected chi connectivity index (χ4v) is 3.55. The lowest BCUT2D eigenvalue weighted by Crippen LogP contribution is -2.09. The summed E-state index contributed by atoms with van der Waals surface area (Å²) in [6, 6.07) is 36.2. The number of carbonyl (C=O) groups excluding carboxylic acids is 1. The molecule has 34 heavy (non-hydrogen) atoms. The molecule has 5 rings (SSSR count). The van der Waals surface area contributed by atoms with Crippen LogP contribution in [0.3, 0.4) is 0 Å². The highest BCUT2D eigenvalue weighted by molar-refractivity contribution is 5.97. The predicted molar refractivity (Wildman–Crippen MR) is 131 cm³/mol. The number of benzene rings is 4. The Morgan fingerprint density at radius 1 is 0.706 bits per heavy atom. The Hall–Kier alpha value is -4.64. The average Bonchev–Trinajstić information content (AvgIpc) is 3.36. The second-order valence-corrected chi connectivity index (χ2v) is 7.67. The van der Waals surface area contributed by atoms with Crippen molar-refractivity contribution in [2.45, 2.75) is 6.61 Å². The minimum Gasteiger partial charge on any atom is -0.489 e. The molecule has 0 amide bonds. The van der Waals surface area contributed by atoms with Crippen LogP contribution >= 0.6 is 0 Å². The smallest absolute Gasteiger partial charge is 0.347 e. The molecule has 0 aliphatic rings. The van der Waals surface area contributed by atoms with Gasteiger partial charge in [0.1, 0.15) is 29.4 Å². The van der Waals surface area contributed by atoms with Crippen molar-refractivity contribution in [1.82, 2.24) is 9.78 Å². The number of para-hydroxylation sites is 1. The Bertz CT molecular complexity index is 1360. The van der Waals surface area contributed by atoms with E-state index >= 15 is 0 Å². The van der Waals surface area contributed by atoms with Gasteiger partial charge in [0.2, 0.25) is 0 Å². The second kappa shape index (κ2) is 9.88. The number of hydrogen-bond acceptors (Lipinski definition) is 4. The summed E-state index contributed by atoms with van der Waals surface area (Å²) in [6.45, 7) is 0.471. The molecule has 0 saturated carbocycles. The van der Waals surface area contributed by atoms with Crippen LogP contribution in [0.5, 0.6) is 11.5 Å². The molecule has 1 aromatic heterocycles. The predicted octanol–water partition coefficient (Wildman–Crippen LogP) is 6.34. The van der Waals surface area contributed by atoms with Crippen LogP contribution in [0.1, 0.15) is 15.9 Å². The number of hydrogen-bond donors (Lipinski definition) is 0. The van der Waals surface area contributed by atoms with E-state index in [0.717, 1.165) is 16.8 Å². The van der Waals surface area contributed by atoms with Crippen LogP contribution in [0.4, 0.5) is 0 Å². The number of nitrogens with zero attached hydrogens (tertiary/aromatic N) is 2. The van der Waals surface area contributed by atoms with Gasteiger partial charge in [-0.15, -0.1) is 0 Å². The van der Waals surface area contributed by atoms with E-state index in [1.54, 1.807) is 35.1 Å². The lowest BCUT2D eigenvalue weighted by Gasteiger charge is -2.08. The Labute approximate surface area is 197 Å². The van der Waals surface area contributed by atoms with E-state index in [2.05, 4.69) is 5.10 Å². The summed E-state index contributed by atoms with van der Waals surface area (Å²) in [5.74, 6) is 0.660. The van der Waals surface area contributed by atoms with Crippen LogP contribution in [0.15, 0.2) is 121 Å². The Balaban J connectivity index is 1.35. The second-order valence-electron chi connectivity index (χ2n) is 7.67. The molecule has 4 aromatic carbocycles. The zero-order valence-corrected chi connectivity index (χ0v) is 18.4.